The Morgan fingerprint density at radius 1 is 1.10 bits per heavy atom. The minimum Gasteiger partial charge on any atom is -0.486 e. The van der Waals surface area contributed by atoms with Gasteiger partial charge < -0.3 is 15.2 Å². The highest BCUT2D eigenvalue weighted by Gasteiger charge is 2.16. The molecule has 0 amide bonds. The fraction of sp³-hybridized carbons (Fsp3) is 0.250. The average Bonchev–Trinajstić information content (AvgIpc) is 2.50. The molecule has 2 aromatic carbocycles. The van der Waals surface area contributed by atoms with E-state index in [2.05, 4.69) is 15.9 Å². The molecule has 1 unspecified atom stereocenters. The second-order valence-electron chi connectivity index (χ2n) is 4.95. The highest BCUT2D eigenvalue weighted by atomic mass is 79.9. The van der Waals surface area contributed by atoms with Gasteiger partial charge in [-0.3, -0.25) is 0 Å². The van der Waals surface area contributed by atoms with Gasteiger partial charge in [0.15, 0.2) is 11.5 Å². The molecule has 0 aliphatic carbocycles. The number of halogens is 2. The maximum atomic E-state index is 13.8. The van der Waals surface area contributed by atoms with E-state index in [1.165, 1.54) is 6.07 Å². The number of hydrogen-bond donors (Lipinski definition) is 1. The standard InChI is InChI=1S/C16H15BrFNO2/c17-12-2-3-13(18)11(7-12)8-14(19)10-1-4-15-16(9-10)21-6-5-20-15/h1-4,7,9,14H,5-6,8,19H2. The second kappa shape index (κ2) is 6.03. The van der Waals surface area contributed by atoms with Gasteiger partial charge in [0.05, 0.1) is 0 Å². The Bertz CT molecular complexity index is 663. The fourth-order valence-electron chi connectivity index (χ4n) is 2.35. The van der Waals surface area contributed by atoms with Crippen molar-refractivity contribution in [3.63, 3.8) is 0 Å². The first kappa shape index (κ1) is 14.4. The minimum atomic E-state index is -0.301. The van der Waals surface area contributed by atoms with Crippen LogP contribution in [0.15, 0.2) is 40.9 Å². The number of benzene rings is 2. The van der Waals surface area contributed by atoms with Gasteiger partial charge in [0.1, 0.15) is 19.0 Å². The van der Waals surface area contributed by atoms with Crippen LogP contribution in [0.25, 0.3) is 0 Å². The molecule has 1 heterocycles. The maximum Gasteiger partial charge on any atom is 0.161 e. The van der Waals surface area contributed by atoms with Crippen LogP contribution in [0, 0.1) is 5.82 Å². The van der Waals surface area contributed by atoms with E-state index >= 15 is 0 Å². The van der Waals surface area contributed by atoms with E-state index in [0.717, 1.165) is 15.8 Å². The van der Waals surface area contributed by atoms with Crippen LogP contribution in [0.4, 0.5) is 4.39 Å². The Morgan fingerprint density at radius 2 is 1.86 bits per heavy atom. The average molecular weight is 352 g/mol. The normalized spacial score (nSPS) is 14.8. The van der Waals surface area contributed by atoms with Crippen LogP contribution < -0.4 is 15.2 Å². The first-order valence-electron chi connectivity index (χ1n) is 6.72. The Hall–Kier alpha value is -1.59. The third-order valence-electron chi connectivity index (χ3n) is 3.44. The molecule has 0 spiro atoms. The zero-order valence-electron chi connectivity index (χ0n) is 11.3. The Kier molecular flexibility index (Phi) is 4.12. The largest absolute Gasteiger partial charge is 0.486 e. The molecule has 0 fully saturated rings. The molecule has 1 aliphatic heterocycles. The summed E-state index contributed by atoms with van der Waals surface area (Å²) in [6.07, 6.45) is 0.422. The van der Waals surface area contributed by atoms with Crippen LogP contribution in [0.1, 0.15) is 17.2 Å². The molecule has 3 nitrogen and oxygen atoms in total. The van der Waals surface area contributed by atoms with Crippen molar-refractivity contribution in [3.05, 3.63) is 57.8 Å². The molecule has 0 radical (unpaired) electrons. The SMILES string of the molecule is NC(Cc1cc(Br)ccc1F)c1ccc2c(c1)OCCO2. The lowest BCUT2D eigenvalue weighted by molar-refractivity contribution is 0.171. The number of fused-ring (bicyclic) bond motifs is 1. The van der Waals surface area contributed by atoms with E-state index in [4.69, 9.17) is 15.2 Å². The van der Waals surface area contributed by atoms with E-state index < -0.39 is 0 Å². The van der Waals surface area contributed by atoms with Crippen LogP contribution >= 0.6 is 15.9 Å². The van der Waals surface area contributed by atoms with Crippen molar-refractivity contribution in [2.24, 2.45) is 5.73 Å². The highest BCUT2D eigenvalue weighted by Crippen LogP contribution is 2.33. The highest BCUT2D eigenvalue weighted by molar-refractivity contribution is 9.10. The van der Waals surface area contributed by atoms with Gasteiger partial charge in [-0.2, -0.15) is 0 Å². The molecule has 0 aromatic heterocycles. The molecule has 21 heavy (non-hydrogen) atoms. The molecular formula is C16H15BrFNO2. The summed E-state index contributed by atoms with van der Waals surface area (Å²) in [7, 11) is 0. The predicted octanol–water partition coefficient (Wildman–Crippen LogP) is 3.60. The van der Waals surface area contributed by atoms with E-state index in [0.29, 0.717) is 30.9 Å². The lowest BCUT2D eigenvalue weighted by Crippen LogP contribution is -2.18. The first-order valence-corrected chi connectivity index (χ1v) is 7.52. The molecule has 2 N–H and O–H groups in total. The topological polar surface area (TPSA) is 44.5 Å². The van der Waals surface area contributed by atoms with Crippen molar-refractivity contribution in [3.8, 4) is 11.5 Å². The van der Waals surface area contributed by atoms with Gasteiger partial charge in [-0.25, -0.2) is 4.39 Å². The van der Waals surface area contributed by atoms with Gasteiger partial charge in [0.2, 0.25) is 0 Å². The summed E-state index contributed by atoms with van der Waals surface area (Å²) in [6.45, 7) is 1.09. The third kappa shape index (κ3) is 3.19. The Balaban J connectivity index is 1.82. The summed E-state index contributed by atoms with van der Waals surface area (Å²) in [5.41, 5.74) is 7.69. The number of ether oxygens (including phenoxy) is 2. The monoisotopic (exact) mass is 351 g/mol. The zero-order chi connectivity index (χ0) is 14.8. The third-order valence-corrected chi connectivity index (χ3v) is 3.94. The molecule has 0 saturated heterocycles. The number of hydrogen-bond acceptors (Lipinski definition) is 3. The van der Waals surface area contributed by atoms with Crippen LogP contribution in [-0.2, 0) is 6.42 Å². The van der Waals surface area contributed by atoms with Gasteiger partial charge in [0.25, 0.3) is 0 Å². The van der Waals surface area contributed by atoms with E-state index in [-0.39, 0.29) is 11.9 Å². The molecule has 0 bridgehead atoms. The van der Waals surface area contributed by atoms with Crippen LogP contribution in [0.3, 0.4) is 0 Å². The van der Waals surface area contributed by atoms with Gasteiger partial charge >= 0.3 is 0 Å². The quantitative estimate of drug-likeness (QED) is 0.918. The summed E-state index contributed by atoms with van der Waals surface area (Å²) < 4.78 is 25.7. The van der Waals surface area contributed by atoms with Crippen LogP contribution in [0.2, 0.25) is 0 Å². The molecular weight excluding hydrogens is 337 g/mol. The van der Waals surface area contributed by atoms with Gasteiger partial charge in [-0.1, -0.05) is 22.0 Å². The Morgan fingerprint density at radius 3 is 2.67 bits per heavy atom. The van der Waals surface area contributed by atoms with Gasteiger partial charge in [-0.05, 0) is 47.9 Å². The molecule has 0 saturated carbocycles. The lowest BCUT2D eigenvalue weighted by atomic mass is 9.99. The summed E-state index contributed by atoms with van der Waals surface area (Å²) in [5.74, 6) is 1.18. The van der Waals surface area contributed by atoms with Gasteiger partial charge in [0, 0.05) is 10.5 Å². The van der Waals surface area contributed by atoms with Crippen LogP contribution in [0.5, 0.6) is 11.5 Å². The number of nitrogens with two attached hydrogens (primary N) is 1. The Labute approximate surface area is 131 Å². The predicted molar refractivity (Wildman–Crippen MR) is 82.2 cm³/mol. The summed E-state index contributed by atoms with van der Waals surface area (Å²) in [6, 6.07) is 10.2. The number of rotatable bonds is 3. The van der Waals surface area contributed by atoms with E-state index in [1.54, 1.807) is 12.1 Å². The lowest BCUT2D eigenvalue weighted by Gasteiger charge is -2.20. The van der Waals surface area contributed by atoms with E-state index in [9.17, 15) is 4.39 Å². The molecule has 3 rings (SSSR count). The van der Waals surface area contributed by atoms with Crippen molar-refractivity contribution in [1.82, 2.24) is 0 Å². The first-order chi connectivity index (χ1) is 10.1. The summed E-state index contributed by atoms with van der Waals surface area (Å²) in [5, 5.41) is 0. The molecule has 1 atom stereocenters. The van der Waals surface area contributed by atoms with Crippen molar-refractivity contribution in [2.75, 3.05) is 13.2 Å². The second-order valence-corrected chi connectivity index (χ2v) is 5.87. The molecule has 1 aliphatic rings. The fourth-order valence-corrected chi connectivity index (χ4v) is 2.75. The molecule has 5 heteroatoms. The smallest absolute Gasteiger partial charge is 0.161 e. The van der Waals surface area contributed by atoms with Crippen molar-refractivity contribution in [1.29, 1.82) is 0 Å². The van der Waals surface area contributed by atoms with Crippen molar-refractivity contribution < 1.29 is 13.9 Å². The summed E-state index contributed by atoms with van der Waals surface area (Å²) >= 11 is 3.35. The molecule has 110 valence electrons. The molecule has 2 aromatic rings. The zero-order valence-corrected chi connectivity index (χ0v) is 12.9. The summed E-state index contributed by atoms with van der Waals surface area (Å²) in [4.78, 5) is 0. The van der Waals surface area contributed by atoms with Crippen LogP contribution in [-0.4, -0.2) is 13.2 Å². The minimum absolute atomic E-state index is 0.244. The van der Waals surface area contributed by atoms with E-state index in [1.807, 2.05) is 18.2 Å². The van der Waals surface area contributed by atoms with Crippen molar-refractivity contribution in [2.45, 2.75) is 12.5 Å². The maximum absolute atomic E-state index is 13.8. The van der Waals surface area contributed by atoms with Crippen molar-refractivity contribution >= 4 is 15.9 Å². The van der Waals surface area contributed by atoms with Gasteiger partial charge in [-0.15, -0.1) is 0 Å².